The Balaban J connectivity index is 2.78. The molecule has 2 rings (SSSR count). The molecule has 0 saturated heterocycles. The van der Waals surface area contributed by atoms with Crippen LogP contribution in [0.5, 0.6) is 0 Å². The average Bonchev–Trinajstić information content (AvgIpc) is 2.80. The van der Waals surface area contributed by atoms with E-state index in [-0.39, 0.29) is 5.41 Å². The number of aryl methyl sites for hydroxylation is 2. The van der Waals surface area contributed by atoms with Crippen molar-refractivity contribution in [3.05, 3.63) is 28.0 Å². The van der Waals surface area contributed by atoms with Gasteiger partial charge in [0.1, 0.15) is 0 Å². The van der Waals surface area contributed by atoms with E-state index in [0.717, 1.165) is 22.8 Å². The molecule has 2 aromatic rings. The SMILES string of the molecule is CCc1c(C)sc2nc(C(C)(C)C)c(/C=C/C(=O)O)n12. The average molecular weight is 292 g/mol. The first-order valence-electron chi connectivity index (χ1n) is 6.68. The fraction of sp³-hybridized carbons (Fsp3) is 0.467. The number of fused-ring (bicyclic) bond motifs is 1. The van der Waals surface area contributed by atoms with Crippen molar-refractivity contribution in [2.45, 2.75) is 46.5 Å². The van der Waals surface area contributed by atoms with Crippen LogP contribution >= 0.6 is 11.3 Å². The van der Waals surface area contributed by atoms with E-state index >= 15 is 0 Å². The maximum Gasteiger partial charge on any atom is 0.328 e. The number of hydrogen-bond acceptors (Lipinski definition) is 3. The van der Waals surface area contributed by atoms with Gasteiger partial charge in [0.15, 0.2) is 4.96 Å². The van der Waals surface area contributed by atoms with Crippen molar-refractivity contribution >= 4 is 28.3 Å². The van der Waals surface area contributed by atoms with Crippen molar-refractivity contribution in [3.8, 4) is 0 Å². The lowest BCUT2D eigenvalue weighted by molar-refractivity contribution is -0.131. The van der Waals surface area contributed by atoms with Crippen LogP contribution in [0.2, 0.25) is 0 Å². The molecule has 0 saturated carbocycles. The Morgan fingerprint density at radius 3 is 2.60 bits per heavy atom. The molecule has 0 bridgehead atoms. The van der Waals surface area contributed by atoms with Crippen LogP contribution in [0.1, 0.15) is 49.7 Å². The number of hydrogen-bond donors (Lipinski definition) is 1. The van der Waals surface area contributed by atoms with Gasteiger partial charge in [0, 0.05) is 22.1 Å². The van der Waals surface area contributed by atoms with Gasteiger partial charge in [0.05, 0.1) is 11.4 Å². The van der Waals surface area contributed by atoms with Crippen LogP contribution in [-0.4, -0.2) is 20.5 Å². The van der Waals surface area contributed by atoms with E-state index < -0.39 is 5.97 Å². The summed E-state index contributed by atoms with van der Waals surface area (Å²) in [7, 11) is 0. The van der Waals surface area contributed by atoms with E-state index in [9.17, 15) is 4.79 Å². The van der Waals surface area contributed by atoms with Gasteiger partial charge in [0.25, 0.3) is 0 Å². The van der Waals surface area contributed by atoms with Crippen molar-refractivity contribution in [2.24, 2.45) is 0 Å². The molecule has 4 nitrogen and oxygen atoms in total. The monoisotopic (exact) mass is 292 g/mol. The van der Waals surface area contributed by atoms with Crippen LogP contribution in [0.3, 0.4) is 0 Å². The Labute approximate surface area is 122 Å². The maximum absolute atomic E-state index is 10.8. The molecule has 108 valence electrons. The van der Waals surface area contributed by atoms with E-state index in [0.29, 0.717) is 0 Å². The fourth-order valence-electron chi connectivity index (χ4n) is 2.36. The highest BCUT2D eigenvalue weighted by atomic mass is 32.1. The lowest BCUT2D eigenvalue weighted by Crippen LogP contribution is -2.14. The predicted octanol–water partition coefficient (Wildman–Crippen LogP) is 3.66. The van der Waals surface area contributed by atoms with Gasteiger partial charge >= 0.3 is 5.97 Å². The quantitative estimate of drug-likeness (QED) is 0.878. The Morgan fingerprint density at radius 2 is 2.10 bits per heavy atom. The van der Waals surface area contributed by atoms with Crippen LogP contribution in [-0.2, 0) is 16.6 Å². The number of nitrogens with zero attached hydrogens (tertiary/aromatic N) is 2. The molecule has 0 radical (unpaired) electrons. The van der Waals surface area contributed by atoms with Gasteiger partial charge < -0.3 is 5.11 Å². The van der Waals surface area contributed by atoms with Crippen molar-refractivity contribution in [1.82, 2.24) is 9.38 Å². The van der Waals surface area contributed by atoms with Gasteiger partial charge in [-0.05, 0) is 19.4 Å². The Bertz CT molecular complexity index is 687. The molecular weight excluding hydrogens is 272 g/mol. The minimum absolute atomic E-state index is 0.122. The van der Waals surface area contributed by atoms with Crippen LogP contribution in [0.25, 0.3) is 11.0 Å². The minimum Gasteiger partial charge on any atom is -0.478 e. The third-order valence-electron chi connectivity index (χ3n) is 3.23. The summed E-state index contributed by atoms with van der Waals surface area (Å²) in [6, 6.07) is 0. The van der Waals surface area contributed by atoms with E-state index in [1.807, 2.05) is 0 Å². The summed E-state index contributed by atoms with van der Waals surface area (Å²) in [5.41, 5.74) is 2.91. The summed E-state index contributed by atoms with van der Waals surface area (Å²) >= 11 is 1.66. The Morgan fingerprint density at radius 1 is 1.45 bits per heavy atom. The number of carbonyl (C=O) groups is 1. The second kappa shape index (κ2) is 5.05. The zero-order valence-corrected chi connectivity index (χ0v) is 13.3. The molecule has 20 heavy (non-hydrogen) atoms. The van der Waals surface area contributed by atoms with Crippen LogP contribution in [0.4, 0.5) is 0 Å². The normalized spacial score (nSPS) is 12.7. The van der Waals surface area contributed by atoms with Crippen LogP contribution in [0.15, 0.2) is 6.08 Å². The summed E-state index contributed by atoms with van der Waals surface area (Å²) in [6.45, 7) is 10.5. The first kappa shape index (κ1) is 14.8. The molecular formula is C15H20N2O2S. The topological polar surface area (TPSA) is 54.6 Å². The van der Waals surface area contributed by atoms with E-state index in [1.165, 1.54) is 16.6 Å². The summed E-state index contributed by atoms with van der Waals surface area (Å²) in [5.74, 6) is -0.940. The number of imidazole rings is 1. The smallest absolute Gasteiger partial charge is 0.328 e. The lowest BCUT2D eigenvalue weighted by atomic mass is 9.90. The predicted molar refractivity (Wildman–Crippen MR) is 82.6 cm³/mol. The molecule has 0 fully saturated rings. The molecule has 0 spiro atoms. The van der Waals surface area contributed by atoms with Gasteiger partial charge in [-0.2, -0.15) is 0 Å². The van der Waals surface area contributed by atoms with Gasteiger partial charge in [-0.15, -0.1) is 11.3 Å². The van der Waals surface area contributed by atoms with E-state index in [4.69, 9.17) is 10.1 Å². The number of carboxylic acid groups (broad SMARTS) is 1. The first-order chi connectivity index (χ1) is 9.25. The van der Waals surface area contributed by atoms with Crippen LogP contribution < -0.4 is 0 Å². The maximum atomic E-state index is 10.8. The Kier molecular flexibility index (Phi) is 3.73. The third kappa shape index (κ3) is 2.50. The lowest BCUT2D eigenvalue weighted by Gasteiger charge is -2.17. The highest BCUT2D eigenvalue weighted by molar-refractivity contribution is 7.17. The first-order valence-corrected chi connectivity index (χ1v) is 7.49. The molecule has 0 aliphatic rings. The second-order valence-corrected chi connectivity index (χ2v) is 7.03. The van der Waals surface area contributed by atoms with Crippen molar-refractivity contribution in [1.29, 1.82) is 0 Å². The van der Waals surface area contributed by atoms with Crippen LogP contribution in [0, 0.1) is 6.92 Å². The molecule has 5 heteroatoms. The van der Waals surface area contributed by atoms with Gasteiger partial charge in [-0.25, -0.2) is 9.78 Å². The van der Waals surface area contributed by atoms with Gasteiger partial charge in [-0.3, -0.25) is 4.40 Å². The molecule has 0 aliphatic carbocycles. The highest BCUT2D eigenvalue weighted by Gasteiger charge is 2.25. The van der Waals surface area contributed by atoms with Crippen molar-refractivity contribution in [3.63, 3.8) is 0 Å². The fourth-order valence-corrected chi connectivity index (χ4v) is 3.42. The van der Waals surface area contributed by atoms with E-state index in [2.05, 4.69) is 39.0 Å². The molecule has 2 aromatic heterocycles. The molecule has 1 N–H and O–H groups in total. The van der Waals surface area contributed by atoms with Crippen molar-refractivity contribution in [2.75, 3.05) is 0 Å². The Hall–Kier alpha value is -1.62. The molecule has 0 aromatic carbocycles. The molecule has 0 atom stereocenters. The minimum atomic E-state index is -0.940. The molecule has 0 aliphatic heterocycles. The summed E-state index contributed by atoms with van der Waals surface area (Å²) in [6.07, 6.45) is 3.75. The molecule has 0 unspecified atom stereocenters. The zero-order valence-electron chi connectivity index (χ0n) is 12.5. The van der Waals surface area contributed by atoms with E-state index in [1.54, 1.807) is 17.4 Å². The number of thiazole rings is 1. The third-order valence-corrected chi connectivity index (χ3v) is 4.23. The number of aliphatic carboxylic acids is 1. The summed E-state index contributed by atoms with van der Waals surface area (Å²) in [5, 5.41) is 8.90. The summed E-state index contributed by atoms with van der Waals surface area (Å²) in [4.78, 5) is 17.7. The van der Waals surface area contributed by atoms with Crippen molar-refractivity contribution < 1.29 is 9.90 Å². The second-order valence-electron chi connectivity index (χ2n) is 5.84. The number of carboxylic acids is 1. The zero-order chi connectivity index (χ0) is 15.1. The van der Waals surface area contributed by atoms with Gasteiger partial charge in [0.2, 0.25) is 0 Å². The van der Waals surface area contributed by atoms with Gasteiger partial charge in [-0.1, -0.05) is 27.7 Å². The molecule has 2 heterocycles. The largest absolute Gasteiger partial charge is 0.478 e. The standard InChI is InChI=1S/C15H20N2O2S/c1-6-10-9(2)20-14-16-13(15(3,4)5)11(17(10)14)7-8-12(18)19/h7-8H,6H2,1-5H3,(H,18,19)/b8-7+. The summed E-state index contributed by atoms with van der Waals surface area (Å²) < 4.78 is 2.10. The number of aromatic nitrogens is 2. The number of rotatable bonds is 3. The molecule has 0 amide bonds. The highest BCUT2D eigenvalue weighted by Crippen LogP contribution is 2.32.